The Balaban J connectivity index is 1.93. The van der Waals surface area contributed by atoms with E-state index in [2.05, 4.69) is 0 Å². The molecule has 0 saturated carbocycles. The highest BCUT2D eigenvalue weighted by Crippen LogP contribution is 2.29. The predicted molar refractivity (Wildman–Crippen MR) is 93.5 cm³/mol. The van der Waals surface area contributed by atoms with Gasteiger partial charge in [-0.3, -0.25) is 0 Å². The van der Waals surface area contributed by atoms with Crippen molar-refractivity contribution in [2.24, 2.45) is 0 Å². The highest BCUT2D eigenvalue weighted by molar-refractivity contribution is 5.49. The smallest absolute Gasteiger partial charge is 0.161 e. The zero-order valence-electron chi connectivity index (χ0n) is 14.7. The first-order chi connectivity index (χ1) is 12.4. The minimum absolute atomic E-state index is 0.460. The van der Waals surface area contributed by atoms with Crippen LogP contribution in [0.1, 0.15) is 24.8 Å². The van der Waals surface area contributed by atoms with Crippen LogP contribution in [0.4, 0.5) is 0 Å². The third-order valence-corrected chi connectivity index (χ3v) is 3.76. The van der Waals surface area contributed by atoms with E-state index in [9.17, 15) is 4.79 Å². The number of hydrogen-bond acceptors (Lipinski definition) is 6. The van der Waals surface area contributed by atoms with Gasteiger partial charge in [0.1, 0.15) is 19.5 Å². The lowest BCUT2D eigenvalue weighted by Gasteiger charge is -2.14. The Morgan fingerprint density at radius 1 is 0.760 bits per heavy atom. The fourth-order valence-electron chi connectivity index (χ4n) is 2.46. The molecule has 1 aromatic carbocycles. The van der Waals surface area contributed by atoms with Crippen molar-refractivity contribution in [2.45, 2.75) is 25.7 Å². The van der Waals surface area contributed by atoms with Gasteiger partial charge in [-0.25, -0.2) is 0 Å². The summed E-state index contributed by atoms with van der Waals surface area (Å²) in [7, 11) is 0. The third-order valence-electron chi connectivity index (χ3n) is 3.76. The molecule has 0 radical (unpaired) electrons. The number of carbonyl (C=O) groups is 1. The molecule has 140 valence electrons. The van der Waals surface area contributed by atoms with Crippen LogP contribution < -0.4 is 9.47 Å². The summed E-state index contributed by atoms with van der Waals surface area (Å²) in [4.78, 5) is 10.4. The molecule has 0 bridgehead atoms. The zero-order chi connectivity index (χ0) is 17.6. The number of ether oxygens (including phenoxy) is 5. The summed E-state index contributed by atoms with van der Waals surface area (Å²) in [6, 6.07) is 5.99. The van der Waals surface area contributed by atoms with Crippen molar-refractivity contribution in [1.29, 1.82) is 0 Å². The predicted octanol–water partition coefficient (Wildman–Crippen LogP) is 2.42. The second kappa shape index (κ2) is 12.7. The zero-order valence-corrected chi connectivity index (χ0v) is 14.7. The quantitative estimate of drug-likeness (QED) is 0.599. The highest BCUT2D eigenvalue weighted by atomic mass is 16.6. The van der Waals surface area contributed by atoms with Crippen molar-refractivity contribution < 1.29 is 28.5 Å². The number of unbranched alkanes of at least 4 members (excludes halogenated alkanes) is 2. The fraction of sp³-hybridized carbons (Fsp3) is 0.632. The number of aryl methyl sites for hydroxylation is 1. The van der Waals surface area contributed by atoms with Gasteiger partial charge in [0.05, 0.1) is 39.6 Å². The molecule has 1 heterocycles. The molecule has 6 heteroatoms. The molecule has 0 unspecified atom stereocenters. The van der Waals surface area contributed by atoms with Crippen LogP contribution in [0.3, 0.4) is 0 Å². The number of rotatable bonds is 5. The number of benzene rings is 1. The normalized spacial score (nSPS) is 17.3. The van der Waals surface area contributed by atoms with Crippen LogP contribution in [0, 0.1) is 0 Å². The highest BCUT2D eigenvalue weighted by Gasteiger charge is 2.08. The van der Waals surface area contributed by atoms with Crippen LogP contribution in [0.15, 0.2) is 18.2 Å². The van der Waals surface area contributed by atoms with Gasteiger partial charge in [0.25, 0.3) is 0 Å². The van der Waals surface area contributed by atoms with E-state index in [-0.39, 0.29) is 0 Å². The summed E-state index contributed by atoms with van der Waals surface area (Å²) in [5, 5.41) is 0. The van der Waals surface area contributed by atoms with Crippen molar-refractivity contribution >= 4 is 6.29 Å². The van der Waals surface area contributed by atoms with Gasteiger partial charge >= 0.3 is 0 Å². The topological polar surface area (TPSA) is 63.2 Å². The maximum Gasteiger partial charge on any atom is 0.161 e. The summed E-state index contributed by atoms with van der Waals surface area (Å²) in [6.45, 7) is 4.14. The average Bonchev–Trinajstić information content (AvgIpc) is 2.64. The van der Waals surface area contributed by atoms with Crippen LogP contribution in [0.2, 0.25) is 0 Å². The van der Waals surface area contributed by atoms with Crippen LogP contribution in [-0.2, 0) is 25.4 Å². The Morgan fingerprint density at radius 3 is 2.00 bits per heavy atom. The van der Waals surface area contributed by atoms with Crippen molar-refractivity contribution in [1.82, 2.24) is 0 Å². The van der Waals surface area contributed by atoms with Gasteiger partial charge in [-0.15, -0.1) is 0 Å². The monoisotopic (exact) mass is 352 g/mol. The van der Waals surface area contributed by atoms with Crippen molar-refractivity contribution in [3.05, 3.63) is 23.8 Å². The van der Waals surface area contributed by atoms with Crippen LogP contribution in [0.5, 0.6) is 11.5 Å². The molecule has 1 aliphatic rings. The largest absolute Gasteiger partial charge is 0.487 e. The van der Waals surface area contributed by atoms with Crippen molar-refractivity contribution in [2.75, 3.05) is 52.9 Å². The van der Waals surface area contributed by atoms with E-state index in [1.165, 1.54) is 5.56 Å². The summed E-state index contributed by atoms with van der Waals surface area (Å²) >= 11 is 0. The molecule has 0 fully saturated rings. The van der Waals surface area contributed by atoms with Crippen molar-refractivity contribution in [3.8, 4) is 11.5 Å². The van der Waals surface area contributed by atoms with Gasteiger partial charge in [-0.2, -0.15) is 0 Å². The van der Waals surface area contributed by atoms with Crippen LogP contribution in [-0.4, -0.2) is 59.1 Å². The Hall–Kier alpha value is -1.63. The van der Waals surface area contributed by atoms with Gasteiger partial charge in [-0.05, 0) is 37.0 Å². The molecule has 25 heavy (non-hydrogen) atoms. The Kier molecular flexibility index (Phi) is 10.00. The Morgan fingerprint density at radius 2 is 1.36 bits per heavy atom. The van der Waals surface area contributed by atoms with Crippen LogP contribution in [0.25, 0.3) is 0 Å². The second-order valence-corrected chi connectivity index (χ2v) is 5.73. The first-order valence-electron chi connectivity index (χ1n) is 8.95. The molecule has 0 amide bonds. The van der Waals surface area contributed by atoms with Crippen molar-refractivity contribution in [3.63, 3.8) is 0 Å². The molecule has 0 saturated heterocycles. The van der Waals surface area contributed by atoms with E-state index in [0.717, 1.165) is 31.3 Å². The summed E-state index contributed by atoms with van der Waals surface area (Å²) in [5.41, 5.74) is 1.18. The first kappa shape index (κ1) is 19.7. The molecule has 1 aliphatic heterocycles. The summed E-state index contributed by atoms with van der Waals surface area (Å²) < 4.78 is 28.0. The second-order valence-electron chi connectivity index (χ2n) is 5.73. The molecule has 1 aromatic rings. The average molecular weight is 352 g/mol. The number of aldehydes is 1. The first-order valence-corrected chi connectivity index (χ1v) is 8.95. The molecular weight excluding hydrogens is 324 g/mol. The lowest BCUT2D eigenvalue weighted by Crippen LogP contribution is -2.13. The van der Waals surface area contributed by atoms with E-state index >= 15 is 0 Å². The fourth-order valence-corrected chi connectivity index (χ4v) is 2.46. The minimum Gasteiger partial charge on any atom is -0.487 e. The summed E-state index contributed by atoms with van der Waals surface area (Å²) in [5.74, 6) is 1.44. The molecule has 0 aromatic heterocycles. The Labute approximate surface area is 149 Å². The molecule has 6 nitrogen and oxygen atoms in total. The van der Waals surface area contributed by atoms with Crippen LogP contribution >= 0.6 is 0 Å². The lowest BCUT2D eigenvalue weighted by molar-refractivity contribution is -0.107. The maximum absolute atomic E-state index is 10.4. The maximum atomic E-state index is 10.4. The molecule has 0 N–H and O–H groups in total. The van der Waals surface area contributed by atoms with Gasteiger partial charge in [0.15, 0.2) is 11.5 Å². The Bertz CT molecular complexity index is 491. The standard InChI is InChI=1S/C19H28O6/c20-7-3-1-2-4-17-5-6-18-19(16-17)25-15-13-23-11-9-21-8-10-22-12-14-24-18/h5-7,16H,1-4,8-15H2. The number of fused-ring (bicyclic) bond motifs is 1. The van der Waals surface area contributed by atoms with E-state index in [0.29, 0.717) is 65.0 Å². The molecule has 0 atom stereocenters. The lowest BCUT2D eigenvalue weighted by atomic mass is 10.1. The SMILES string of the molecule is O=CCCCCc1ccc2c(c1)OCCOCCOCCOCCO2. The van der Waals surface area contributed by atoms with Gasteiger partial charge in [0.2, 0.25) is 0 Å². The molecule has 2 rings (SSSR count). The van der Waals surface area contributed by atoms with Gasteiger partial charge < -0.3 is 28.5 Å². The molecular formula is C19H28O6. The summed E-state index contributed by atoms with van der Waals surface area (Å²) in [6.07, 6.45) is 4.39. The van der Waals surface area contributed by atoms with Gasteiger partial charge in [-0.1, -0.05) is 6.07 Å². The molecule has 0 spiro atoms. The third kappa shape index (κ3) is 8.34. The van der Waals surface area contributed by atoms with E-state index < -0.39 is 0 Å². The van der Waals surface area contributed by atoms with E-state index in [4.69, 9.17) is 23.7 Å². The van der Waals surface area contributed by atoms with Gasteiger partial charge in [0, 0.05) is 6.42 Å². The number of hydrogen-bond donors (Lipinski definition) is 0. The number of carbonyl (C=O) groups excluding carboxylic acids is 1. The minimum atomic E-state index is 0.460. The van der Waals surface area contributed by atoms with E-state index in [1.807, 2.05) is 18.2 Å². The van der Waals surface area contributed by atoms with E-state index in [1.54, 1.807) is 0 Å². The molecule has 0 aliphatic carbocycles.